The zero-order valence-electron chi connectivity index (χ0n) is 13.1. The molecule has 0 unspecified atom stereocenters. The fourth-order valence-corrected chi connectivity index (χ4v) is 2.49. The Labute approximate surface area is 127 Å². The highest BCUT2D eigenvalue weighted by Gasteiger charge is 2.28. The smallest absolute Gasteiger partial charge is 0.251 e. The first kappa shape index (κ1) is 15.8. The van der Waals surface area contributed by atoms with Crippen LogP contribution < -0.4 is 15.4 Å². The summed E-state index contributed by atoms with van der Waals surface area (Å²) >= 11 is 0. The van der Waals surface area contributed by atoms with Crippen LogP contribution in [-0.2, 0) is 0 Å². The quantitative estimate of drug-likeness (QED) is 0.792. The van der Waals surface area contributed by atoms with Gasteiger partial charge in [-0.25, -0.2) is 0 Å². The molecule has 0 radical (unpaired) electrons. The Morgan fingerprint density at radius 2 is 1.95 bits per heavy atom. The molecule has 0 spiro atoms. The average molecular weight is 290 g/mol. The molecule has 1 saturated heterocycles. The summed E-state index contributed by atoms with van der Waals surface area (Å²) in [5.74, 6) is 0.826. The minimum Gasteiger partial charge on any atom is -0.494 e. The van der Waals surface area contributed by atoms with Gasteiger partial charge in [0.25, 0.3) is 5.91 Å². The molecule has 1 aromatic rings. The Hall–Kier alpha value is -1.55. The molecule has 1 amide bonds. The molecule has 1 aliphatic heterocycles. The number of unbranched alkanes of at least 4 members (excludes halogenated alkanes) is 1. The zero-order chi connectivity index (χ0) is 15.1. The molecule has 1 fully saturated rings. The lowest BCUT2D eigenvalue weighted by Gasteiger charge is -2.35. The standard InChI is InChI=1S/C17H26N2O2/c1-3-4-13-21-15-7-5-14(6-8-15)16(20)19-17(2)9-11-18-12-10-17/h5-8,18H,3-4,9-13H2,1-2H3,(H,19,20). The maximum Gasteiger partial charge on any atom is 0.251 e. The minimum absolute atomic E-state index is 0.000455. The Kier molecular flexibility index (Phi) is 5.62. The van der Waals surface area contributed by atoms with Crippen LogP contribution in [-0.4, -0.2) is 31.1 Å². The molecule has 0 atom stereocenters. The Balaban J connectivity index is 1.90. The van der Waals surface area contributed by atoms with Crippen molar-refractivity contribution in [3.63, 3.8) is 0 Å². The van der Waals surface area contributed by atoms with E-state index in [-0.39, 0.29) is 11.4 Å². The van der Waals surface area contributed by atoms with E-state index >= 15 is 0 Å². The maximum atomic E-state index is 12.3. The highest BCUT2D eigenvalue weighted by atomic mass is 16.5. The molecule has 4 heteroatoms. The highest BCUT2D eigenvalue weighted by Crippen LogP contribution is 2.19. The lowest BCUT2D eigenvalue weighted by Crippen LogP contribution is -2.52. The van der Waals surface area contributed by atoms with Crippen LogP contribution in [0, 0.1) is 0 Å². The van der Waals surface area contributed by atoms with E-state index in [1.165, 1.54) is 0 Å². The highest BCUT2D eigenvalue weighted by molar-refractivity contribution is 5.94. The van der Waals surface area contributed by atoms with Crippen molar-refractivity contribution in [2.45, 2.75) is 45.1 Å². The van der Waals surface area contributed by atoms with E-state index in [0.717, 1.165) is 51.1 Å². The van der Waals surface area contributed by atoms with E-state index in [1.807, 2.05) is 24.3 Å². The average Bonchev–Trinajstić information content (AvgIpc) is 2.48. The monoisotopic (exact) mass is 290 g/mol. The van der Waals surface area contributed by atoms with E-state index in [9.17, 15) is 4.79 Å². The van der Waals surface area contributed by atoms with Gasteiger partial charge >= 0.3 is 0 Å². The van der Waals surface area contributed by atoms with Gasteiger partial charge in [-0.05, 0) is 63.5 Å². The molecule has 1 aromatic carbocycles. The predicted molar refractivity (Wildman–Crippen MR) is 84.8 cm³/mol. The van der Waals surface area contributed by atoms with E-state index in [1.54, 1.807) is 0 Å². The van der Waals surface area contributed by atoms with Gasteiger partial charge in [-0.15, -0.1) is 0 Å². The topological polar surface area (TPSA) is 50.4 Å². The molecule has 0 aromatic heterocycles. The normalized spacial score (nSPS) is 17.2. The molecule has 0 saturated carbocycles. The van der Waals surface area contributed by atoms with Crippen LogP contribution in [0.4, 0.5) is 0 Å². The number of ether oxygens (including phenoxy) is 1. The first-order valence-corrected chi connectivity index (χ1v) is 7.89. The van der Waals surface area contributed by atoms with Gasteiger partial charge in [0.1, 0.15) is 5.75 Å². The van der Waals surface area contributed by atoms with Crippen molar-refractivity contribution in [3.8, 4) is 5.75 Å². The second kappa shape index (κ2) is 7.46. The first-order valence-electron chi connectivity index (χ1n) is 7.89. The van der Waals surface area contributed by atoms with Crippen LogP contribution in [0.25, 0.3) is 0 Å². The van der Waals surface area contributed by atoms with Crippen LogP contribution in [0.5, 0.6) is 5.75 Å². The van der Waals surface area contributed by atoms with E-state index < -0.39 is 0 Å². The van der Waals surface area contributed by atoms with E-state index in [0.29, 0.717) is 5.56 Å². The number of hydrogen-bond acceptors (Lipinski definition) is 3. The molecule has 116 valence electrons. The van der Waals surface area contributed by atoms with Gasteiger partial charge in [0.15, 0.2) is 0 Å². The summed E-state index contributed by atoms with van der Waals surface area (Å²) in [6, 6.07) is 7.41. The second-order valence-electron chi connectivity index (χ2n) is 5.99. The lowest BCUT2D eigenvalue weighted by atomic mass is 9.90. The predicted octanol–water partition coefficient (Wildman–Crippen LogP) is 2.74. The maximum absolute atomic E-state index is 12.3. The number of hydrogen-bond donors (Lipinski definition) is 2. The van der Waals surface area contributed by atoms with Gasteiger partial charge < -0.3 is 15.4 Å². The molecule has 2 N–H and O–H groups in total. The van der Waals surface area contributed by atoms with Gasteiger partial charge in [0.05, 0.1) is 6.61 Å². The largest absolute Gasteiger partial charge is 0.494 e. The van der Waals surface area contributed by atoms with E-state index in [4.69, 9.17) is 4.74 Å². The van der Waals surface area contributed by atoms with Crippen molar-refractivity contribution in [1.29, 1.82) is 0 Å². The molecular weight excluding hydrogens is 264 g/mol. The number of piperidine rings is 1. The van der Waals surface area contributed by atoms with Crippen LogP contribution in [0.1, 0.15) is 49.9 Å². The third-order valence-electron chi connectivity index (χ3n) is 4.01. The molecule has 0 bridgehead atoms. The number of nitrogens with one attached hydrogen (secondary N) is 2. The number of carbonyl (C=O) groups excluding carboxylic acids is 1. The number of rotatable bonds is 6. The van der Waals surface area contributed by atoms with E-state index in [2.05, 4.69) is 24.5 Å². The summed E-state index contributed by atoms with van der Waals surface area (Å²) < 4.78 is 5.61. The Morgan fingerprint density at radius 1 is 1.29 bits per heavy atom. The number of benzene rings is 1. The van der Waals surface area contributed by atoms with Gasteiger partial charge in [0, 0.05) is 11.1 Å². The summed E-state index contributed by atoms with van der Waals surface area (Å²) in [4.78, 5) is 12.3. The molecule has 0 aliphatic carbocycles. The van der Waals surface area contributed by atoms with Crippen LogP contribution in [0.3, 0.4) is 0 Å². The molecular formula is C17H26N2O2. The summed E-state index contributed by atoms with van der Waals surface area (Å²) in [6.45, 7) is 6.90. The van der Waals surface area contributed by atoms with Crippen molar-refractivity contribution < 1.29 is 9.53 Å². The van der Waals surface area contributed by atoms with Gasteiger partial charge in [0.2, 0.25) is 0 Å². The van der Waals surface area contributed by atoms with Gasteiger partial charge in [-0.2, -0.15) is 0 Å². The molecule has 1 aliphatic rings. The van der Waals surface area contributed by atoms with Crippen LogP contribution in [0.15, 0.2) is 24.3 Å². The lowest BCUT2D eigenvalue weighted by molar-refractivity contribution is 0.0887. The minimum atomic E-state index is -0.0986. The van der Waals surface area contributed by atoms with Crippen LogP contribution >= 0.6 is 0 Å². The summed E-state index contributed by atoms with van der Waals surface area (Å²) in [5.41, 5.74) is 0.594. The molecule has 1 heterocycles. The van der Waals surface area contributed by atoms with Crippen molar-refractivity contribution in [3.05, 3.63) is 29.8 Å². The van der Waals surface area contributed by atoms with Crippen molar-refractivity contribution in [2.75, 3.05) is 19.7 Å². The van der Waals surface area contributed by atoms with Gasteiger partial charge in [-0.3, -0.25) is 4.79 Å². The first-order chi connectivity index (χ1) is 10.1. The summed E-state index contributed by atoms with van der Waals surface area (Å²) in [6.07, 6.45) is 4.11. The van der Waals surface area contributed by atoms with Crippen molar-refractivity contribution in [1.82, 2.24) is 10.6 Å². The fraction of sp³-hybridized carbons (Fsp3) is 0.588. The summed E-state index contributed by atoms with van der Waals surface area (Å²) in [5, 5.41) is 6.48. The molecule has 2 rings (SSSR count). The third-order valence-corrected chi connectivity index (χ3v) is 4.01. The molecule has 4 nitrogen and oxygen atoms in total. The summed E-state index contributed by atoms with van der Waals surface area (Å²) in [7, 11) is 0. The Bertz CT molecular complexity index is 450. The van der Waals surface area contributed by atoms with Crippen molar-refractivity contribution in [2.24, 2.45) is 0 Å². The van der Waals surface area contributed by atoms with Gasteiger partial charge in [-0.1, -0.05) is 13.3 Å². The molecule has 21 heavy (non-hydrogen) atoms. The third kappa shape index (κ3) is 4.74. The number of amides is 1. The second-order valence-corrected chi connectivity index (χ2v) is 5.99. The fourth-order valence-electron chi connectivity index (χ4n) is 2.49. The number of carbonyl (C=O) groups is 1. The Morgan fingerprint density at radius 3 is 2.57 bits per heavy atom. The van der Waals surface area contributed by atoms with Crippen molar-refractivity contribution >= 4 is 5.91 Å². The zero-order valence-corrected chi connectivity index (χ0v) is 13.1. The SMILES string of the molecule is CCCCOc1ccc(C(=O)NC2(C)CCNCC2)cc1. The van der Waals surface area contributed by atoms with Crippen LogP contribution in [0.2, 0.25) is 0 Å².